The molecule has 6 heteroatoms. The van der Waals surface area contributed by atoms with E-state index in [4.69, 9.17) is 11.0 Å². The molecule has 0 aliphatic heterocycles. The van der Waals surface area contributed by atoms with Gasteiger partial charge in [-0.15, -0.1) is 10.2 Å². The van der Waals surface area contributed by atoms with E-state index in [0.29, 0.717) is 17.2 Å². The van der Waals surface area contributed by atoms with Crippen molar-refractivity contribution >= 4 is 22.2 Å². The van der Waals surface area contributed by atoms with Gasteiger partial charge in [-0.05, 0) is 24.7 Å². The number of benzene rings is 1. The molecule has 0 spiro atoms. The molecular weight excluding hydrogens is 234 g/mol. The Morgan fingerprint density at radius 1 is 1.41 bits per heavy atom. The highest BCUT2D eigenvalue weighted by Crippen LogP contribution is 2.21. The summed E-state index contributed by atoms with van der Waals surface area (Å²) in [5.74, 6) is 0. The Morgan fingerprint density at radius 3 is 3.06 bits per heavy atom. The molecule has 0 radical (unpaired) electrons. The highest BCUT2D eigenvalue weighted by Gasteiger charge is 2.03. The average molecular weight is 245 g/mol. The van der Waals surface area contributed by atoms with Crippen LogP contribution in [0.3, 0.4) is 0 Å². The van der Waals surface area contributed by atoms with Crippen LogP contribution < -0.4 is 11.1 Å². The molecule has 0 aliphatic carbocycles. The molecule has 1 aromatic heterocycles. The normalized spacial score (nSPS) is 9.88. The van der Waals surface area contributed by atoms with E-state index < -0.39 is 0 Å². The predicted molar refractivity (Wildman–Crippen MR) is 67.1 cm³/mol. The molecule has 0 unspecified atom stereocenters. The molecule has 5 nitrogen and oxygen atoms in total. The summed E-state index contributed by atoms with van der Waals surface area (Å²) >= 11 is 1.47. The van der Waals surface area contributed by atoms with Crippen LogP contribution in [0.15, 0.2) is 24.3 Å². The standard InChI is InChI=1S/C11H11N5S/c12-5-4-10-15-16-11(17-10)14-9-3-1-2-8(6-9)7-13/h1-3,6H,4-5,12H2,(H,14,16). The summed E-state index contributed by atoms with van der Waals surface area (Å²) in [4.78, 5) is 0. The summed E-state index contributed by atoms with van der Waals surface area (Å²) in [7, 11) is 0. The lowest BCUT2D eigenvalue weighted by Gasteiger charge is -2.00. The highest BCUT2D eigenvalue weighted by molar-refractivity contribution is 7.15. The third-order valence-electron chi connectivity index (χ3n) is 2.07. The van der Waals surface area contributed by atoms with Gasteiger partial charge >= 0.3 is 0 Å². The van der Waals surface area contributed by atoms with Crippen molar-refractivity contribution in [1.82, 2.24) is 10.2 Å². The lowest BCUT2D eigenvalue weighted by Crippen LogP contribution is -2.01. The smallest absolute Gasteiger partial charge is 0.210 e. The number of rotatable bonds is 4. The van der Waals surface area contributed by atoms with Gasteiger partial charge in [0.1, 0.15) is 5.01 Å². The molecule has 1 aromatic carbocycles. The molecule has 17 heavy (non-hydrogen) atoms. The van der Waals surface area contributed by atoms with Crippen molar-refractivity contribution in [3.8, 4) is 6.07 Å². The predicted octanol–water partition coefficient (Wildman–Crippen LogP) is 1.65. The first-order chi connectivity index (χ1) is 8.31. The number of nitrogens with one attached hydrogen (secondary N) is 1. The van der Waals surface area contributed by atoms with Gasteiger partial charge in [0.15, 0.2) is 0 Å². The molecular formula is C11H11N5S. The third kappa shape index (κ3) is 3.00. The van der Waals surface area contributed by atoms with Gasteiger partial charge in [0, 0.05) is 12.1 Å². The fourth-order valence-electron chi connectivity index (χ4n) is 1.32. The molecule has 3 N–H and O–H groups in total. The summed E-state index contributed by atoms with van der Waals surface area (Å²) in [6.45, 7) is 0.568. The lowest BCUT2D eigenvalue weighted by atomic mass is 10.2. The van der Waals surface area contributed by atoms with E-state index in [1.165, 1.54) is 11.3 Å². The first kappa shape index (κ1) is 11.5. The van der Waals surface area contributed by atoms with Crippen molar-refractivity contribution in [2.24, 2.45) is 5.73 Å². The zero-order valence-corrected chi connectivity index (χ0v) is 9.87. The zero-order chi connectivity index (χ0) is 12.1. The number of nitriles is 1. The minimum atomic E-state index is 0.568. The highest BCUT2D eigenvalue weighted by atomic mass is 32.1. The molecule has 2 rings (SSSR count). The van der Waals surface area contributed by atoms with Crippen molar-refractivity contribution in [2.45, 2.75) is 6.42 Å². The van der Waals surface area contributed by atoms with E-state index in [0.717, 1.165) is 17.1 Å². The Kier molecular flexibility index (Phi) is 3.65. The lowest BCUT2D eigenvalue weighted by molar-refractivity contribution is 0.913. The third-order valence-corrected chi connectivity index (χ3v) is 2.97. The summed E-state index contributed by atoms with van der Waals surface area (Å²) in [6, 6.07) is 9.31. The fourth-order valence-corrected chi connectivity index (χ4v) is 2.09. The second-order valence-electron chi connectivity index (χ2n) is 3.36. The zero-order valence-electron chi connectivity index (χ0n) is 9.05. The average Bonchev–Trinajstić information content (AvgIpc) is 2.77. The van der Waals surface area contributed by atoms with Crippen LogP contribution in [0, 0.1) is 11.3 Å². The van der Waals surface area contributed by atoms with Gasteiger partial charge in [-0.2, -0.15) is 5.26 Å². The van der Waals surface area contributed by atoms with Gasteiger partial charge in [0.05, 0.1) is 11.6 Å². The first-order valence-electron chi connectivity index (χ1n) is 5.11. The number of anilines is 2. The monoisotopic (exact) mass is 245 g/mol. The molecule has 86 valence electrons. The molecule has 1 heterocycles. The molecule has 0 amide bonds. The van der Waals surface area contributed by atoms with Crippen LogP contribution in [0.1, 0.15) is 10.6 Å². The Morgan fingerprint density at radius 2 is 2.29 bits per heavy atom. The second-order valence-corrected chi connectivity index (χ2v) is 4.42. The number of aromatic nitrogens is 2. The molecule has 0 atom stereocenters. The number of hydrogen-bond donors (Lipinski definition) is 2. The van der Waals surface area contributed by atoms with Crippen molar-refractivity contribution in [3.63, 3.8) is 0 Å². The van der Waals surface area contributed by atoms with Crippen LogP contribution in [0.2, 0.25) is 0 Å². The van der Waals surface area contributed by atoms with Gasteiger partial charge in [-0.25, -0.2) is 0 Å². The van der Waals surface area contributed by atoms with Crippen molar-refractivity contribution in [1.29, 1.82) is 5.26 Å². The Labute approximate surface area is 103 Å². The minimum Gasteiger partial charge on any atom is -0.330 e. The Bertz CT molecular complexity index is 543. The summed E-state index contributed by atoms with van der Waals surface area (Å²) < 4.78 is 0. The van der Waals surface area contributed by atoms with Gasteiger partial charge in [-0.3, -0.25) is 0 Å². The maximum absolute atomic E-state index is 8.79. The summed E-state index contributed by atoms with van der Waals surface area (Å²) in [5, 5.41) is 21.5. The van der Waals surface area contributed by atoms with Gasteiger partial charge in [0.2, 0.25) is 5.13 Å². The van der Waals surface area contributed by atoms with E-state index in [1.54, 1.807) is 12.1 Å². The topological polar surface area (TPSA) is 87.6 Å². The number of nitrogens with two attached hydrogens (primary N) is 1. The molecule has 2 aromatic rings. The second kappa shape index (κ2) is 5.39. The van der Waals surface area contributed by atoms with Gasteiger partial charge in [0.25, 0.3) is 0 Å². The minimum absolute atomic E-state index is 0.568. The maximum Gasteiger partial charge on any atom is 0.210 e. The largest absolute Gasteiger partial charge is 0.330 e. The molecule has 0 saturated carbocycles. The van der Waals surface area contributed by atoms with Gasteiger partial charge < -0.3 is 11.1 Å². The van der Waals surface area contributed by atoms with Crippen molar-refractivity contribution in [3.05, 3.63) is 34.8 Å². The maximum atomic E-state index is 8.79. The molecule has 0 saturated heterocycles. The van der Waals surface area contributed by atoms with E-state index in [9.17, 15) is 0 Å². The van der Waals surface area contributed by atoms with Crippen LogP contribution in [-0.2, 0) is 6.42 Å². The van der Waals surface area contributed by atoms with Crippen molar-refractivity contribution in [2.75, 3.05) is 11.9 Å². The van der Waals surface area contributed by atoms with Crippen LogP contribution in [0.4, 0.5) is 10.8 Å². The van der Waals surface area contributed by atoms with Crippen LogP contribution in [-0.4, -0.2) is 16.7 Å². The summed E-state index contributed by atoms with van der Waals surface area (Å²) in [6.07, 6.45) is 0.734. The Balaban J connectivity index is 2.11. The van der Waals surface area contributed by atoms with Crippen LogP contribution in [0.5, 0.6) is 0 Å². The quantitative estimate of drug-likeness (QED) is 0.855. The van der Waals surface area contributed by atoms with E-state index in [1.807, 2.05) is 12.1 Å². The molecule has 0 bridgehead atoms. The SMILES string of the molecule is N#Cc1cccc(Nc2nnc(CCN)s2)c1. The van der Waals surface area contributed by atoms with Gasteiger partial charge in [-0.1, -0.05) is 17.4 Å². The number of hydrogen-bond acceptors (Lipinski definition) is 6. The van der Waals surface area contributed by atoms with E-state index in [2.05, 4.69) is 21.6 Å². The molecule has 0 aliphatic rings. The number of nitrogens with zero attached hydrogens (tertiary/aromatic N) is 3. The van der Waals surface area contributed by atoms with E-state index in [-0.39, 0.29) is 0 Å². The van der Waals surface area contributed by atoms with E-state index >= 15 is 0 Å². The fraction of sp³-hybridized carbons (Fsp3) is 0.182. The van der Waals surface area contributed by atoms with Crippen LogP contribution in [0.25, 0.3) is 0 Å². The van der Waals surface area contributed by atoms with Crippen LogP contribution >= 0.6 is 11.3 Å². The van der Waals surface area contributed by atoms with Crippen molar-refractivity contribution < 1.29 is 0 Å². The summed E-state index contributed by atoms with van der Waals surface area (Å²) in [5.41, 5.74) is 6.89. The molecule has 0 fully saturated rings. The Hall–Kier alpha value is -1.97. The first-order valence-corrected chi connectivity index (χ1v) is 5.93.